The first-order valence-electron chi connectivity index (χ1n) is 32.9. The molecule has 0 fully saturated rings. The minimum absolute atomic E-state index is 0.0139. The topological polar surface area (TPSA) is 341 Å². The number of rotatable bonds is 46. The molecule has 0 unspecified atom stereocenters. The van der Waals surface area contributed by atoms with Gasteiger partial charge in [-0.05, 0) is 116 Å². The third-order valence-corrected chi connectivity index (χ3v) is 43.9. The van der Waals surface area contributed by atoms with Crippen LogP contribution in [-0.4, -0.2) is 210 Å². The Morgan fingerprint density at radius 3 is 0.918 bits per heavy atom. The van der Waals surface area contributed by atoms with Gasteiger partial charge in [-0.1, -0.05) is 50.9 Å². The van der Waals surface area contributed by atoms with E-state index in [9.17, 15) is 19.2 Å². The highest BCUT2D eigenvalue weighted by Crippen LogP contribution is 2.29. The lowest BCUT2D eigenvalue weighted by Crippen LogP contribution is -2.58. The molecule has 0 aliphatic rings. The van der Waals surface area contributed by atoms with Crippen molar-refractivity contribution in [3.63, 3.8) is 0 Å². The lowest BCUT2D eigenvalue weighted by Gasteiger charge is -2.33. The number of hydrogen-bond donors (Lipinski definition) is 4. The van der Waals surface area contributed by atoms with Crippen LogP contribution >= 0.6 is 35.3 Å². The van der Waals surface area contributed by atoms with Gasteiger partial charge in [-0.15, -0.1) is 15.3 Å². The van der Waals surface area contributed by atoms with Crippen molar-refractivity contribution < 1.29 is 45.7 Å². The summed E-state index contributed by atoms with van der Waals surface area (Å²) in [6.07, 6.45) is 18.8. The summed E-state index contributed by atoms with van der Waals surface area (Å²) in [5.41, 5.74) is 3.03. The van der Waals surface area contributed by atoms with Crippen LogP contribution in [0.1, 0.15) is 80.7 Å². The van der Waals surface area contributed by atoms with E-state index in [-0.39, 0.29) is 63.3 Å². The van der Waals surface area contributed by atoms with Crippen LogP contribution in [0.3, 0.4) is 0 Å². The Morgan fingerprint density at radius 1 is 0.408 bits per heavy atom. The second kappa shape index (κ2) is 38.6. The standard InChI is InChI=1S/C60H103N19O10S3Si6/c1-47(80)61-20-17-23-93(5,6)87-96(11,12)44-90-57-64-26-51(27-65-57)32-77-35-54(71-74-77)38-84-41-60(70-50(4)83,42-85-39-55-36-78(75-72-55)33-52-28-66-58(67-29-52)91-45-97(13,14)88-94(7,8)24-18-21-62-48(2)81)43-86-40-56-37-79(76-73-56)34-53-30-68-59(69-31-53)92-46-98(15,16)89-95(9,10)25-19-22-63-49(3)82/h26-31,35-37H,17-25,32-34,38-46H2,1-16H3,(H,61,80)(H,62,81)(H,63,82)(H,70,83). The molecule has 6 rings (SSSR count). The number of carbonyl (C=O) groups excluding carboxylic acids is 4. The van der Waals surface area contributed by atoms with Gasteiger partial charge in [0.1, 0.15) is 22.6 Å². The molecule has 0 aliphatic heterocycles. The largest absolute Gasteiger partial charge is 0.455 e. The summed E-state index contributed by atoms with van der Waals surface area (Å²) in [4.78, 5) is 74.9. The Morgan fingerprint density at radius 2 is 0.673 bits per heavy atom. The van der Waals surface area contributed by atoms with Gasteiger partial charge in [0.15, 0.2) is 65.4 Å². The van der Waals surface area contributed by atoms with E-state index < -0.39 is 55.4 Å². The lowest BCUT2D eigenvalue weighted by atomic mass is 10.0. The number of aromatic nitrogens is 15. The number of hydrogen-bond acceptors (Lipinski definition) is 25. The quantitative estimate of drug-likeness (QED) is 0.0124. The predicted octanol–water partition coefficient (Wildman–Crippen LogP) is 7.55. The Balaban J connectivity index is 1.04. The minimum atomic E-state index is -2.04. The molecule has 0 radical (unpaired) electrons. The van der Waals surface area contributed by atoms with Gasteiger partial charge in [0.25, 0.3) is 0 Å². The number of nitrogens with zero attached hydrogens (tertiary/aromatic N) is 15. The lowest BCUT2D eigenvalue weighted by molar-refractivity contribution is -0.126. The van der Waals surface area contributed by atoms with Gasteiger partial charge in [0.2, 0.25) is 23.6 Å². The number of amides is 4. The maximum absolute atomic E-state index is 13.1. The van der Waals surface area contributed by atoms with E-state index in [1.165, 1.54) is 27.7 Å². The van der Waals surface area contributed by atoms with Crippen molar-refractivity contribution in [2.75, 3.05) is 55.6 Å². The number of thioether (sulfide) groups is 3. The molecule has 0 aromatic carbocycles. The molecule has 0 saturated carbocycles. The number of carbonyl (C=O) groups is 4. The maximum Gasteiger partial charge on any atom is 0.217 e. The van der Waals surface area contributed by atoms with Crippen molar-refractivity contribution >= 4 is 109 Å². The zero-order valence-corrected chi connectivity index (χ0v) is 68.5. The Kier molecular flexibility index (Phi) is 32.2. The monoisotopic (exact) mass is 1510 g/mol. The predicted molar refractivity (Wildman–Crippen MR) is 394 cm³/mol. The molecule has 38 heteroatoms. The van der Waals surface area contributed by atoms with Gasteiger partial charge in [0.05, 0.1) is 77.9 Å². The van der Waals surface area contributed by atoms with Gasteiger partial charge in [0, 0.05) is 117 Å². The maximum atomic E-state index is 13.1. The SMILES string of the molecule is CC(=O)NCCC[Si](C)(C)O[Si](C)(C)CSc1ncc(Cn2cc(COCC(COCc3cn(Cc4cnc(SC[Si](C)(C)O[Si](C)(C)CCCNC(C)=O)nc4)nn3)(COCc3cn(Cc4cnc(SC[Si](C)(C)O[Si](C)(C)CCCNC(C)=O)nc4)nn3)NC(C)=O)nn2)cn1. The Labute approximate surface area is 596 Å². The summed E-state index contributed by atoms with van der Waals surface area (Å²) in [5, 5.41) is 42.4. The minimum Gasteiger partial charge on any atom is -0.455 e. The first-order chi connectivity index (χ1) is 46.1. The van der Waals surface area contributed by atoms with E-state index in [1.54, 1.807) is 105 Å². The van der Waals surface area contributed by atoms with Crippen LogP contribution in [0.2, 0.25) is 96.7 Å². The van der Waals surface area contributed by atoms with Crippen molar-refractivity contribution in [3.8, 4) is 0 Å². The fraction of sp³-hybridized carbons (Fsp3) is 0.633. The average Bonchev–Trinajstić information content (AvgIpc) is 1.93. The van der Waals surface area contributed by atoms with Crippen LogP contribution in [0.15, 0.2) is 71.2 Å². The highest BCUT2D eigenvalue weighted by molar-refractivity contribution is 8.01. The highest BCUT2D eigenvalue weighted by Gasteiger charge is 2.37. The molecule has 0 saturated heterocycles. The van der Waals surface area contributed by atoms with Gasteiger partial charge in [-0.3, -0.25) is 19.2 Å². The van der Waals surface area contributed by atoms with Crippen molar-refractivity contribution in [3.05, 3.63) is 89.5 Å². The first-order valence-corrected chi connectivity index (χ1v) is 54.6. The van der Waals surface area contributed by atoms with Crippen molar-refractivity contribution in [1.29, 1.82) is 0 Å². The van der Waals surface area contributed by atoms with E-state index in [0.717, 1.165) is 70.2 Å². The molecule has 0 bridgehead atoms. The molecule has 4 amide bonds. The van der Waals surface area contributed by atoms with Crippen LogP contribution in [0, 0.1) is 0 Å². The van der Waals surface area contributed by atoms with Gasteiger partial charge in [-0.2, -0.15) is 0 Å². The van der Waals surface area contributed by atoms with E-state index >= 15 is 0 Å². The fourth-order valence-electron chi connectivity index (χ4n) is 10.7. The van der Waals surface area contributed by atoms with E-state index in [4.69, 9.17) is 26.6 Å². The summed E-state index contributed by atoms with van der Waals surface area (Å²) in [7, 11) is -11.9. The molecule has 6 aromatic heterocycles. The molecule has 29 nitrogen and oxygen atoms in total. The smallest absolute Gasteiger partial charge is 0.217 e. The zero-order chi connectivity index (χ0) is 71.6. The molecule has 540 valence electrons. The molecule has 6 heterocycles. The second-order valence-corrected chi connectivity index (χ2v) is 58.8. The summed E-state index contributed by atoms with van der Waals surface area (Å²) in [6.45, 7) is 36.1. The first kappa shape index (κ1) is 81.6. The summed E-state index contributed by atoms with van der Waals surface area (Å²) in [5.74, 6) is -0.364. The molecular formula is C60H103N19O10S3Si6. The molecule has 4 N–H and O–H groups in total. The molecule has 0 aliphatic carbocycles. The number of ether oxygens (including phenoxy) is 3. The van der Waals surface area contributed by atoms with Crippen LogP contribution in [-0.2, 0) is 85.2 Å². The average molecular weight is 1520 g/mol. The van der Waals surface area contributed by atoms with Crippen LogP contribution in [0.25, 0.3) is 0 Å². The molecular weight excluding hydrogens is 1410 g/mol. The van der Waals surface area contributed by atoms with Gasteiger partial charge in [-0.25, -0.2) is 43.9 Å². The summed E-state index contributed by atoms with van der Waals surface area (Å²) >= 11 is 4.80. The highest BCUT2D eigenvalue weighted by atomic mass is 32.2. The van der Waals surface area contributed by atoms with Gasteiger partial charge < -0.3 is 47.8 Å². The van der Waals surface area contributed by atoms with Crippen LogP contribution in [0.5, 0.6) is 0 Å². The molecule has 0 atom stereocenters. The third-order valence-electron chi connectivity index (χ3n) is 14.5. The Hall–Kier alpha value is -5.35. The van der Waals surface area contributed by atoms with Crippen LogP contribution < -0.4 is 21.3 Å². The van der Waals surface area contributed by atoms with Crippen LogP contribution in [0.4, 0.5) is 0 Å². The van der Waals surface area contributed by atoms with Crippen molar-refractivity contribution in [2.24, 2.45) is 0 Å². The van der Waals surface area contributed by atoms with Gasteiger partial charge >= 0.3 is 0 Å². The normalized spacial score (nSPS) is 12.7. The second-order valence-electron chi connectivity index (χ2n) is 28.3. The molecule has 6 aromatic rings. The van der Waals surface area contributed by atoms with E-state index in [2.05, 4.69) is 161 Å². The van der Waals surface area contributed by atoms with E-state index in [0.29, 0.717) is 71.8 Å². The molecule has 98 heavy (non-hydrogen) atoms. The van der Waals surface area contributed by atoms with E-state index in [1.807, 2.05) is 0 Å². The molecule has 0 spiro atoms. The zero-order valence-electron chi connectivity index (χ0n) is 60.1. The van der Waals surface area contributed by atoms with Crippen molar-refractivity contribution in [2.45, 2.75) is 204 Å². The number of nitrogens with one attached hydrogen (secondary N) is 4. The third kappa shape index (κ3) is 32.5. The van der Waals surface area contributed by atoms with Crippen molar-refractivity contribution in [1.82, 2.24) is 96.2 Å². The fourth-order valence-corrected chi connectivity index (χ4v) is 41.7. The summed E-state index contributed by atoms with van der Waals surface area (Å²) < 4.78 is 44.4. The summed E-state index contributed by atoms with van der Waals surface area (Å²) in [6, 6.07) is 2.91. The Bertz CT molecular complexity index is 3110.